The van der Waals surface area contributed by atoms with Crippen molar-refractivity contribution < 1.29 is 10.2 Å². The Morgan fingerprint density at radius 2 is 1.75 bits per heavy atom. The van der Waals surface area contributed by atoms with E-state index in [4.69, 9.17) is 5.11 Å². The number of aliphatic hydroxyl groups excluding tert-OH is 1. The highest BCUT2D eigenvalue weighted by atomic mass is 16.3. The number of benzene rings is 1. The Hall–Kier alpha value is -0.900. The van der Waals surface area contributed by atoms with Gasteiger partial charge in [0.05, 0.1) is 12.2 Å². The Labute approximate surface area is 97.1 Å². The summed E-state index contributed by atoms with van der Waals surface area (Å²) in [5, 5.41) is 21.6. The number of nitrogens with one attached hydrogen (secondary N) is 1. The summed E-state index contributed by atoms with van der Waals surface area (Å²) in [4.78, 5) is 0. The Balaban J connectivity index is 2.37. The molecule has 0 fully saturated rings. The molecule has 3 N–H and O–H groups in total. The van der Waals surface area contributed by atoms with E-state index in [9.17, 15) is 5.11 Å². The van der Waals surface area contributed by atoms with Crippen LogP contribution in [0.15, 0.2) is 24.3 Å². The summed E-state index contributed by atoms with van der Waals surface area (Å²) >= 11 is 0. The van der Waals surface area contributed by atoms with Gasteiger partial charge in [0.15, 0.2) is 0 Å². The van der Waals surface area contributed by atoms with Gasteiger partial charge in [0.25, 0.3) is 0 Å². The lowest BCUT2D eigenvalue weighted by Gasteiger charge is -2.20. The first-order valence-electron chi connectivity index (χ1n) is 5.69. The van der Waals surface area contributed by atoms with Gasteiger partial charge in [0.1, 0.15) is 0 Å². The molecule has 16 heavy (non-hydrogen) atoms. The third kappa shape index (κ3) is 4.31. The van der Waals surface area contributed by atoms with Gasteiger partial charge in [0, 0.05) is 13.1 Å². The lowest BCUT2D eigenvalue weighted by molar-refractivity contribution is 0.00254. The van der Waals surface area contributed by atoms with Gasteiger partial charge in [-0.05, 0) is 24.5 Å². The highest BCUT2D eigenvalue weighted by Gasteiger charge is 2.17. The summed E-state index contributed by atoms with van der Waals surface area (Å²) in [6.07, 6.45) is 1.05. The van der Waals surface area contributed by atoms with Crippen LogP contribution in [0, 0.1) is 0 Å². The van der Waals surface area contributed by atoms with Crippen molar-refractivity contribution in [3.05, 3.63) is 35.4 Å². The highest BCUT2D eigenvalue weighted by molar-refractivity contribution is 5.22. The summed E-state index contributed by atoms with van der Waals surface area (Å²) in [6, 6.07) is 8.39. The molecule has 0 heterocycles. The topological polar surface area (TPSA) is 52.5 Å². The molecule has 0 aromatic heterocycles. The van der Waals surface area contributed by atoms with Crippen LogP contribution in [0.1, 0.15) is 25.0 Å². The van der Waals surface area contributed by atoms with E-state index in [0.29, 0.717) is 13.1 Å². The van der Waals surface area contributed by atoms with Gasteiger partial charge >= 0.3 is 0 Å². The summed E-state index contributed by atoms with van der Waals surface area (Å²) < 4.78 is 0. The van der Waals surface area contributed by atoms with Crippen LogP contribution in [0.3, 0.4) is 0 Å². The average Bonchev–Trinajstić information content (AvgIpc) is 2.30. The second-order valence-electron chi connectivity index (χ2n) is 4.43. The smallest absolute Gasteiger partial charge is 0.0972 e. The minimum atomic E-state index is -1.04. The monoisotopic (exact) mass is 223 g/mol. The molecule has 1 aromatic carbocycles. The molecule has 0 bridgehead atoms. The standard InChI is InChI=1S/C13H21NO2/c1-3-11-4-6-12(7-5-11)8-14-9-13(2,16)10-15/h4-7,14-16H,3,8-10H2,1-2H3. The molecule has 1 unspecified atom stereocenters. The molecule has 0 saturated carbocycles. The number of hydrogen-bond donors (Lipinski definition) is 3. The average molecular weight is 223 g/mol. The summed E-state index contributed by atoms with van der Waals surface area (Å²) in [5.41, 5.74) is 1.47. The second-order valence-corrected chi connectivity index (χ2v) is 4.43. The van der Waals surface area contributed by atoms with E-state index < -0.39 is 5.60 Å². The van der Waals surface area contributed by atoms with Crippen LogP contribution in [0.2, 0.25) is 0 Å². The highest BCUT2D eigenvalue weighted by Crippen LogP contribution is 2.05. The van der Waals surface area contributed by atoms with E-state index in [-0.39, 0.29) is 6.61 Å². The molecule has 3 heteroatoms. The van der Waals surface area contributed by atoms with E-state index in [1.165, 1.54) is 11.1 Å². The number of aliphatic hydroxyl groups is 2. The lowest BCUT2D eigenvalue weighted by atomic mass is 10.1. The van der Waals surface area contributed by atoms with E-state index >= 15 is 0 Å². The van der Waals surface area contributed by atoms with E-state index in [2.05, 4.69) is 36.5 Å². The maximum absolute atomic E-state index is 9.57. The fourth-order valence-electron chi connectivity index (χ4n) is 1.42. The maximum Gasteiger partial charge on any atom is 0.0972 e. The van der Waals surface area contributed by atoms with E-state index in [1.807, 2.05) is 0 Å². The van der Waals surface area contributed by atoms with Gasteiger partial charge in [-0.3, -0.25) is 0 Å². The minimum Gasteiger partial charge on any atom is -0.393 e. The normalized spacial score (nSPS) is 14.8. The molecule has 0 aliphatic carbocycles. The van der Waals surface area contributed by atoms with Crippen LogP contribution in [0.4, 0.5) is 0 Å². The van der Waals surface area contributed by atoms with Crippen molar-refractivity contribution in [1.29, 1.82) is 0 Å². The number of hydrogen-bond acceptors (Lipinski definition) is 3. The van der Waals surface area contributed by atoms with E-state index in [1.54, 1.807) is 6.92 Å². The molecular weight excluding hydrogens is 202 g/mol. The van der Waals surface area contributed by atoms with Crippen LogP contribution in [0.25, 0.3) is 0 Å². The zero-order valence-corrected chi connectivity index (χ0v) is 10.0. The van der Waals surface area contributed by atoms with Crippen molar-refractivity contribution in [3.8, 4) is 0 Å². The first-order valence-corrected chi connectivity index (χ1v) is 5.69. The quantitative estimate of drug-likeness (QED) is 0.676. The first kappa shape index (κ1) is 13.2. The maximum atomic E-state index is 9.57. The van der Waals surface area contributed by atoms with Crippen molar-refractivity contribution in [1.82, 2.24) is 5.32 Å². The molecule has 0 saturated heterocycles. The molecule has 0 spiro atoms. The molecule has 0 aliphatic rings. The summed E-state index contributed by atoms with van der Waals surface area (Å²) in [5.74, 6) is 0. The Morgan fingerprint density at radius 3 is 2.25 bits per heavy atom. The van der Waals surface area contributed by atoms with E-state index in [0.717, 1.165) is 6.42 Å². The molecule has 0 aliphatic heterocycles. The molecule has 3 nitrogen and oxygen atoms in total. The molecule has 1 rings (SSSR count). The van der Waals surface area contributed by atoms with Crippen molar-refractivity contribution in [2.24, 2.45) is 0 Å². The van der Waals surface area contributed by atoms with Gasteiger partial charge < -0.3 is 15.5 Å². The SMILES string of the molecule is CCc1ccc(CNCC(C)(O)CO)cc1. The lowest BCUT2D eigenvalue weighted by Crippen LogP contribution is -2.40. The predicted molar refractivity (Wildman–Crippen MR) is 65.2 cm³/mol. The Morgan fingerprint density at radius 1 is 1.19 bits per heavy atom. The molecule has 1 aromatic rings. The minimum absolute atomic E-state index is 0.227. The molecule has 1 atom stereocenters. The van der Waals surface area contributed by atoms with Crippen molar-refractivity contribution in [2.45, 2.75) is 32.4 Å². The van der Waals surface area contributed by atoms with Crippen LogP contribution in [-0.2, 0) is 13.0 Å². The molecule has 90 valence electrons. The summed E-state index contributed by atoms with van der Waals surface area (Å²) in [6.45, 7) is 4.61. The zero-order chi connectivity index (χ0) is 12.0. The van der Waals surface area contributed by atoms with Gasteiger partial charge in [-0.25, -0.2) is 0 Å². The number of aryl methyl sites for hydroxylation is 1. The van der Waals surface area contributed by atoms with Crippen LogP contribution < -0.4 is 5.32 Å². The first-order chi connectivity index (χ1) is 7.57. The Bertz CT molecular complexity index is 306. The van der Waals surface area contributed by atoms with Crippen LogP contribution >= 0.6 is 0 Å². The molecular formula is C13H21NO2. The third-order valence-corrected chi connectivity index (χ3v) is 2.61. The van der Waals surface area contributed by atoms with Crippen molar-refractivity contribution >= 4 is 0 Å². The van der Waals surface area contributed by atoms with Gasteiger partial charge in [0.2, 0.25) is 0 Å². The largest absolute Gasteiger partial charge is 0.393 e. The molecule has 0 radical (unpaired) electrons. The predicted octanol–water partition coefficient (Wildman–Crippen LogP) is 1.08. The van der Waals surface area contributed by atoms with Gasteiger partial charge in [-0.1, -0.05) is 31.2 Å². The Kier molecular flexibility index (Phi) is 4.93. The molecule has 0 amide bonds. The van der Waals surface area contributed by atoms with Crippen molar-refractivity contribution in [2.75, 3.05) is 13.2 Å². The van der Waals surface area contributed by atoms with Gasteiger partial charge in [-0.15, -0.1) is 0 Å². The fraction of sp³-hybridized carbons (Fsp3) is 0.538. The number of rotatable bonds is 6. The fourth-order valence-corrected chi connectivity index (χ4v) is 1.42. The van der Waals surface area contributed by atoms with Crippen molar-refractivity contribution in [3.63, 3.8) is 0 Å². The zero-order valence-electron chi connectivity index (χ0n) is 10.0. The van der Waals surface area contributed by atoms with Crippen LogP contribution in [0.5, 0.6) is 0 Å². The second kappa shape index (κ2) is 5.99. The third-order valence-electron chi connectivity index (χ3n) is 2.61. The summed E-state index contributed by atoms with van der Waals surface area (Å²) in [7, 11) is 0. The van der Waals surface area contributed by atoms with Crippen LogP contribution in [-0.4, -0.2) is 29.0 Å². The van der Waals surface area contributed by atoms with Gasteiger partial charge in [-0.2, -0.15) is 0 Å².